The number of anilines is 2. The van der Waals surface area contributed by atoms with Crippen LogP contribution in [0.3, 0.4) is 0 Å². The van der Waals surface area contributed by atoms with E-state index in [0.717, 1.165) is 22.4 Å². The molecule has 0 aliphatic carbocycles. The smallest absolute Gasteiger partial charge is 0.254 e. The summed E-state index contributed by atoms with van der Waals surface area (Å²) in [5.74, 6) is 0.172. The maximum Gasteiger partial charge on any atom is 0.254 e. The van der Waals surface area contributed by atoms with E-state index < -0.39 is 0 Å². The van der Waals surface area contributed by atoms with Crippen molar-refractivity contribution in [3.8, 4) is 0 Å². The minimum Gasteiger partial charge on any atom is -0.348 e. The van der Waals surface area contributed by atoms with Crippen LogP contribution in [0.15, 0.2) is 48.8 Å². The third-order valence-corrected chi connectivity index (χ3v) is 4.45. The number of rotatable bonds is 5. The first-order valence-electron chi connectivity index (χ1n) is 8.62. The van der Waals surface area contributed by atoms with Gasteiger partial charge in [-0.15, -0.1) is 0 Å². The first-order valence-corrected chi connectivity index (χ1v) is 9.00. The molecular weight excluding hydrogens is 360 g/mol. The van der Waals surface area contributed by atoms with Gasteiger partial charge in [0, 0.05) is 18.9 Å². The number of nitrogens with one attached hydrogen (secondary N) is 2. The molecule has 0 fully saturated rings. The molecule has 0 aliphatic rings. The summed E-state index contributed by atoms with van der Waals surface area (Å²) in [5, 5.41) is 6.59. The van der Waals surface area contributed by atoms with Crippen LogP contribution >= 0.6 is 11.6 Å². The van der Waals surface area contributed by atoms with E-state index in [2.05, 4.69) is 20.6 Å². The van der Waals surface area contributed by atoms with E-state index in [1.165, 1.54) is 18.0 Å². The quantitative estimate of drug-likeness (QED) is 0.671. The van der Waals surface area contributed by atoms with Gasteiger partial charge < -0.3 is 10.6 Å². The molecule has 1 aromatic heterocycles. The molecule has 0 bridgehead atoms. The summed E-state index contributed by atoms with van der Waals surface area (Å²) in [5.41, 5.74) is 5.48. The lowest BCUT2D eigenvalue weighted by Crippen LogP contribution is -2.23. The Bertz CT molecular complexity index is 930. The second-order valence-electron chi connectivity index (χ2n) is 6.53. The molecule has 2 aromatic carbocycles. The van der Waals surface area contributed by atoms with Crippen LogP contribution in [0.25, 0.3) is 0 Å². The number of aryl methyl sites for hydroxylation is 3. The topological polar surface area (TPSA) is 66.9 Å². The predicted octanol–water partition coefficient (Wildman–Crippen LogP) is 4.73. The highest BCUT2D eigenvalue weighted by molar-refractivity contribution is 6.33. The minimum atomic E-state index is -0.216. The van der Waals surface area contributed by atoms with Crippen molar-refractivity contribution in [1.29, 1.82) is 0 Å². The normalized spacial score (nSPS) is 10.5. The molecule has 2 N–H and O–H groups in total. The van der Waals surface area contributed by atoms with Gasteiger partial charge in [0.1, 0.15) is 0 Å². The Hall–Kier alpha value is -2.92. The van der Waals surface area contributed by atoms with E-state index in [0.29, 0.717) is 23.1 Å². The van der Waals surface area contributed by atoms with Crippen molar-refractivity contribution in [1.82, 2.24) is 15.3 Å². The number of aromatic nitrogens is 2. The molecule has 0 saturated carbocycles. The lowest BCUT2D eigenvalue weighted by atomic mass is 10.1. The van der Waals surface area contributed by atoms with Crippen molar-refractivity contribution in [3.63, 3.8) is 0 Å². The van der Waals surface area contributed by atoms with Gasteiger partial charge in [-0.25, -0.2) is 9.97 Å². The van der Waals surface area contributed by atoms with Crippen LogP contribution in [0, 0.1) is 20.8 Å². The van der Waals surface area contributed by atoms with Gasteiger partial charge in [-0.3, -0.25) is 4.79 Å². The number of hydrogen-bond acceptors (Lipinski definition) is 4. The molecule has 27 heavy (non-hydrogen) atoms. The van der Waals surface area contributed by atoms with Crippen molar-refractivity contribution < 1.29 is 4.79 Å². The summed E-state index contributed by atoms with van der Waals surface area (Å²) in [6.45, 7) is 6.44. The number of benzene rings is 2. The molecule has 0 aliphatic heterocycles. The summed E-state index contributed by atoms with van der Waals surface area (Å²) >= 11 is 6.29. The van der Waals surface area contributed by atoms with Gasteiger partial charge in [-0.1, -0.05) is 47.5 Å². The van der Waals surface area contributed by atoms with Gasteiger partial charge in [0.15, 0.2) is 0 Å². The fourth-order valence-corrected chi connectivity index (χ4v) is 3.05. The molecule has 1 amide bonds. The number of hydrogen-bond donors (Lipinski definition) is 2. The molecule has 1 heterocycles. The number of halogens is 1. The lowest BCUT2D eigenvalue weighted by Gasteiger charge is -2.11. The average molecular weight is 381 g/mol. The summed E-state index contributed by atoms with van der Waals surface area (Å²) in [6, 6.07) is 11.9. The summed E-state index contributed by atoms with van der Waals surface area (Å²) < 4.78 is 0. The van der Waals surface area contributed by atoms with Crippen LogP contribution in [-0.2, 0) is 6.54 Å². The zero-order valence-electron chi connectivity index (χ0n) is 15.5. The van der Waals surface area contributed by atoms with E-state index in [-0.39, 0.29) is 5.91 Å². The Labute approximate surface area is 163 Å². The Morgan fingerprint density at radius 2 is 1.67 bits per heavy atom. The number of carbonyl (C=O) groups excluding carboxylic acids is 1. The van der Waals surface area contributed by atoms with Crippen LogP contribution < -0.4 is 10.6 Å². The monoisotopic (exact) mass is 380 g/mol. The minimum absolute atomic E-state index is 0.216. The van der Waals surface area contributed by atoms with Crippen LogP contribution in [-0.4, -0.2) is 15.9 Å². The highest BCUT2D eigenvalue weighted by Gasteiger charge is 2.10. The van der Waals surface area contributed by atoms with E-state index in [1.54, 1.807) is 0 Å². The van der Waals surface area contributed by atoms with E-state index in [9.17, 15) is 4.79 Å². The molecule has 0 spiro atoms. The van der Waals surface area contributed by atoms with Gasteiger partial charge in [0.05, 0.1) is 16.3 Å². The van der Waals surface area contributed by atoms with Gasteiger partial charge in [0.2, 0.25) is 5.95 Å². The van der Waals surface area contributed by atoms with Crippen molar-refractivity contribution in [3.05, 3.63) is 81.6 Å². The van der Waals surface area contributed by atoms with Crippen LogP contribution in [0.4, 0.5) is 11.6 Å². The Kier molecular flexibility index (Phi) is 5.72. The molecule has 3 rings (SSSR count). The number of nitrogens with zero attached hydrogens (tertiary/aromatic N) is 2. The van der Waals surface area contributed by atoms with Crippen LogP contribution in [0.1, 0.15) is 32.6 Å². The van der Waals surface area contributed by atoms with Crippen molar-refractivity contribution in [2.45, 2.75) is 27.3 Å². The molecule has 138 valence electrons. The molecule has 0 atom stereocenters. The lowest BCUT2D eigenvalue weighted by molar-refractivity contribution is 0.0950. The molecule has 0 radical (unpaired) electrons. The second-order valence-corrected chi connectivity index (χ2v) is 6.93. The van der Waals surface area contributed by atoms with E-state index in [1.807, 2.05) is 57.2 Å². The first kappa shape index (κ1) is 18.9. The molecular formula is C21H21ClN4O. The third kappa shape index (κ3) is 4.83. The highest BCUT2D eigenvalue weighted by Crippen LogP contribution is 2.29. The fourth-order valence-electron chi connectivity index (χ4n) is 2.69. The molecule has 3 aromatic rings. The number of amides is 1. The zero-order chi connectivity index (χ0) is 19.4. The Morgan fingerprint density at radius 1 is 1.00 bits per heavy atom. The van der Waals surface area contributed by atoms with Gasteiger partial charge >= 0.3 is 0 Å². The Morgan fingerprint density at radius 3 is 2.30 bits per heavy atom. The van der Waals surface area contributed by atoms with E-state index >= 15 is 0 Å². The fraction of sp³-hybridized carbons (Fsp3) is 0.190. The maximum atomic E-state index is 12.3. The maximum absolute atomic E-state index is 12.3. The third-order valence-electron chi connectivity index (χ3n) is 4.16. The Balaban J connectivity index is 1.64. The van der Waals surface area contributed by atoms with E-state index in [4.69, 9.17) is 11.6 Å². The number of carbonyl (C=O) groups is 1. The SMILES string of the molecule is Cc1ccc(CNC(=O)c2cnc(Nc3c(C)cc(C)cc3Cl)nc2)cc1. The van der Waals surface area contributed by atoms with Crippen molar-refractivity contribution in [2.24, 2.45) is 0 Å². The molecule has 0 saturated heterocycles. The molecule has 6 heteroatoms. The largest absolute Gasteiger partial charge is 0.348 e. The molecule has 5 nitrogen and oxygen atoms in total. The summed E-state index contributed by atoms with van der Waals surface area (Å²) in [7, 11) is 0. The first-order chi connectivity index (χ1) is 12.9. The average Bonchev–Trinajstić information content (AvgIpc) is 2.64. The second kappa shape index (κ2) is 8.18. The standard InChI is InChI=1S/C21H21ClN4O/c1-13-4-6-16(7-5-13)10-23-20(27)17-11-24-21(25-12-17)26-19-15(3)8-14(2)9-18(19)22/h4-9,11-12H,10H2,1-3H3,(H,23,27)(H,24,25,26). The van der Waals surface area contributed by atoms with Gasteiger partial charge in [0.25, 0.3) is 5.91 Å². The van der Waals surface area contributed by atoms with Crippen LogP contribution in [0.5, 0.6) is 0 Å². The van der Waals surface area contributed by atoms with Crippen molar-refractivity contribution >= 4 is 29.1 Å². The van der Waals surface area contributed by atoms with Gasteiger partial charge in [-0.2, -0.15) is 0 Å². The summed E-state index contributed by atoms with van der Waals surface area (Å²) in [6.07, 6.45) is 2.99. The summed E-state index contributed by atoms with van der Waals surface area (Å²) in [4.78, 5) is 20.7. The molecule has 0 unspecified atom stereocenters. The van der Waals surface area contributed by atoms with Crippen LogP contribution in [0.2, 0.25) is 5.02 Å². The van der Waals surface area contributed by atoms with Gasteiger partial charge in [-0.05, 0) is 43.5 Å². The van der Waals surface area contributed by atoms with Crippen molar-refractivity contribution in [2.75, 3.05) is 5.32 Å². The highest BCUT2D eigenvalue weighted by atomic mass is 35.5. The predicted molar refractivity (Wildman–Crippen MR) is 109 cm³/mol. The zero-order valence-corrected chi connectivity index (χ0v) is 16.3.